The Labute approximate surface area is 265 Å². The van der Waals surface area contributed by atoms with Crippen molar-refractivity contribution in [2.75, 3.05) is 23.8 Å². The third-order valence-electron chi connectivity index (χ3n) is 7.71. The number of amides is 5. The number of benzene rings is 3. The molecule has 0 aromatic heterocycles. The zero-order valence-electron chi connectivity index (χ0n) is 26.0. The first-order valence-electron chi connectivity index (χ1n) is 14.8. The lowest BCUT2D eigenvalue weighted by molar-refractivity contribution is -0.153. The Morgan fingerprint density at radius 2 is 1.67 bits per heavy atom. The Morgan fingerprint density at radius 3 is 2.33 bits per heavy atom. The minimum absolute atomic E-state index is 0.0245. The van der Waals surface area contributed by atoms with E-state index in [1.165, 1.54) is 24.1 Å². The maximum absolute atomic E-state index is 13.8. The largest absolute Gasteiger partial charge is 0.460 e. The lowest BCUT2D eigenvalue weighted by Gasteiger charge is -2.25. The number of esters is 1. The summed E-state index contributed by atoms with van der Waals surface area (Å²) in [6.45, 7) is 4.78. The Morgan fingerprint density at radius 1 is 1.00 bits per heavy atom. The van der Waals surface area contributed by atoms with E-state index in [9.17, 15) is 28.4 Å². The minimum atomic E-state index is -1.57. The smallest absolute Gasteiger partial charge is 0.418 e. The van der Waals surface area contributed by atoms with Crippen LogP contribution in [0.5, 0.6) is 0 Å². The van der Waals surface area contributed by atoms with Crippen molar-refractivity contribution in [3.8, 4) is 0 Å². The Bertz CT molecular complexity index is 1680. The number of ether oxygens (including phenoxy) is 2. The fourth-order valence-electron chi connectivity index (χ4n) is 5.58. The predicted molar refractivity (Wildman–Crippen MR) is 166 cm³/mol. The molecule has 2 aliphatic rings. The lowest BCUT2D eigenvalue weighted by Crippen LogP contribution is -2.44. The molecular weight excluding hydrogens is 595 g/mol. The van der Waals surface area contributed by atoms with Gasteiger partial charge >= 0.3 is 18.1 Å². The fourth-order valence-corrected chi connectivity index (χ4v) is 5.58. The molecule has 0 unspecified atom stereocenters. The Kier molecular flexibility index (Phi) is 8.82. The number of aryl methyl sites for hydroxylation is 1. The summed E-state index contributed by atoms with van der Waals surface area (Å²) >= 11 is 0. The number of fused-ring (bicyclic) bond motifs is 2. The first-order chi connectivity index (χ1) is 21.8. The van der Waals surface area contributed by atoms with Gasteiger partial charge in [0.2, 0.25) is 11.5 Å². The van der Waals surface area contributed by atoms with Gasteiger partial charge in [0.05, 0.1) is 13.0 Å². The molecule has 3 aromatic carbocycles. The highest BCUT2D eigenvalue weighted by Gasteiger charge is 2.58. The molecule has 1 aliphatic heterocycles. The number of anilines is 2. The van der Waals surface area contributed by atoms with Crippen LogP contribution in [0.25, 0.3) is 0 Å². The fraction of sp³-hybridized carbons (Fsp3) is 0.324. The van der Waals surface area contributed by atoms with Crippen molar-refractivity contribution >= 4 is 41.3 Å². The Hall–Kier alpha value is -5.26. The summed E-state index contributed by atoms with van der Waals surface area (Å²) in [5, 5.41) is 5.15. The molecule has 0 radical (unpaired) electrons. The van der Waals surface area contributed by atoms with E-state index in [1.54, 1.807) is 75.4 Å². The third kappa shape index (κ3) is 6.85. The highest BCUT2D eigenvalue weighted by atomic mass is 19.1. The van der Waals surface area contributed by atoms with Crippen LogP contribution >= 0.6 is 0 Å². The molecule has 5 amide bonds. The second-order valence-corrected chi connectivity index (χ2v) is 12.2. The van der Waals surface area contributed by atoms with Crippen LogP contribution in [0, 0.1) is 5.82 Å². The van der Waals surface area contributed by atoms with Crippen LogP contribution in [0.15, 0.2) is 66.7 Å². The van der Waals surface area contributed by atoms with E-state index in [1.807, 2.05) is 0 Å². The number of hydrogen-bond donors (Lipinski definition) is 2. The van der Waals surface area contributed by atoms with E-state index in [0.29, 0.717) is 34.5 Å². The van der Waals surface area contributed by atoms with Gasteiger partial charge in [0.25, 0.3) is 5.91 Å². The van der Waals surface area contributed by atoms with E-state index in [0.717, 1.165) is 10.5 Å². The van der Waals surface area contributed by atoms with Gasteiger partial charge in [-0.15, -0.1) is 0 Å². The maximum Gasteiger partial charge on any atom is 0.418 e. The van der Waals surface area contributed by atoms with Gasteiger partial charge in [-0.2, -0.15) is 0 Å². The first kappa shape index (κ1) is 32.1. The molecule has 1 saturated heterocycles. The van der Waals surface area contributed by atoms with Gasteiger partial charge in [-0.05, 0) is 80.3 Å². The van der Waals surface area contributed by atoms with E-state index in [4.69, 9.17) is 9.47 Å². The van der Waals surface area contributed by atoms with Crippen molar-refractivity contribution in [3.63, 3.8) is 0 Å². The molecule has 2 N–H and O–H groups in total. The molecule has 46 heavy (non-hydrogen) atoms. The van der Waals surface area contributed by atoms with Gasteiger partial charge in [0, 0.05) is 30.4 Å². The Balaban J connectivity index is 1.36. The van der Waals surface area contributed by atoms with E-state index in [2.05, 4.69) is 10.6 Å². The molecule has 1 spiro atoms. The van der Waals surface area contributed by atoms with Gasteiger partial charge in [0.15, 0.2) is 0 Å². The number of rotatable bonds is 8. The number of carbonyl (C=O) groups excluding carboxylic acids is 5. The summed E-state index contributed by atoms with van der Waals surface area (Å²) < 4.78 is 24.7. The molecule has 1 heterocycles. The van der Waals surface area contributed by atoms with Crippen molar-refractivity contribution < 1.29 is 37.8 Å². The number of hydrogen-bond acceptors (Lipinski definition) is 7. The normalized spacial score (nSPS) is 17.0. The zero-order chi connectivity index (χ0) is 33.2. The van der Waals surface area contributed by atoms with Gasteiger partial charge in [-0.3, -0.25) is 14.4 Å². The van der Waals surface area contributed by atoms with Crippen LogP contribution in [0.2, 0.25) is 0 Å². The summed E-state index contributed by atoms with van der Waals surface area (Å²) in [6.07, 6.45) is -0.288. The standard InChI is InChI=1S/C34H35FN4O7/c1-33(2,3)45-29(41)17-21-7-12-26(13-8-21)38(19-22-5-9-24(35)10-6-22)28(40)20-39-30(42)34(46-32(39)44)16-15-23-18-25(11-14-27(23)34)37-31(43)36-4/h5-14,18H,15-17,19-20H2,1-4H3,(H2,36,37,43)/t34-/m1/s1. The van der Waals surface area contributed by atoms with Gasteiger partial charge in [-0.25, -0.2) is 18.9 Å². The number of carbonyl (C=O) groups is 5. The average molecular weight is 631 g/mol. The van der Waals surface area contributed by atoms with Crippen molar-refractivity contribution in [1.29, 1.82) is 0 Å². The third-order valence-corrected chi connectivity index (χ3v) is 7.71. The topological polar surface area (TPSA) is 134 Å². The molecule has 0 saturated carbocycles. The van der Waals surface area contributed by atoms with Crippen molar-refractivity contribution in [2.24, 2.45) is 0 Å². The number of urea groups is 1. The van der Waals surface area contributed by atoms with Gasteiger partial charge in [0.1, 0.15) is 18.0 Å². The van der Waals surface area contributed by atoms with E-state index < -0.39 is 53.5 Å². The summed E-state index contributed by atoms with van der Waals surface area (Å²) in [5.74, 6) is -2.05. The highest BCUT2D eigenvalue weighted by Crippen LogP contribution is 2.46. The summed E-state index contributed by atoms with van der Waals surface area (Å²) in [6, 6.07) is 16.9. The van der Waals surface area contributed by atoms with Crippen molar-refractivity contribution in [3.05, 3.63) is 94.8 Å². The lowest BCUT2D eigenvalue weighted by atomic mass is 9.94. The number of nitrogens with zero attached hydrogens (tertiary/aromatic N) is 2. The van der Waals surface area contributed by atoms with Crippen LogP contribution in [0.4, 0.5) is 25.4 Å². The van der Waals surface area contributed by atoms with E-state index in [-0.39, 0.29) is 19.4 Å². The number of nitrogens with one attached hydrogen (secondary N) is 2. The van der Waals surface area contributed by atoms with E-state index >= 15 is 0 Å². The minimum Gasteiger partial charge on any atom is -0.460 e. The molecular formula is C34H35FN4O7. The molecule has 0 bridgehead atoms. The monoisotopic (exact) mass is 630 g/mol. The molecule has 5 rings (SSSR count). The molecule has 11 nitrogen and oxygen atoms in total. The molecule has 1 aliphatic carbocycles. The number of halogens is 1. The molecule has 3 aromatic rings. The first-order valence-corrected chi connectivity index (χ1v) is 14.8. The van der Waals surface area contributed by atoms with Crippen molar-refractivity contribution in [2.45, 2.75) is 57.8 Å². The summed E-state index contributed by atoms with van der Waals surface area (Å²) in [4.78, 5) is 67.0. The van der Waals surface area contributed by atoms with Crippen LogP contribution in [0.3, 0.4) is 0 Å². The van der Waals surface area contributed by atoms with Gasteiger partial charge in [-0.1, -0.05) is 30.3 Å². The second-order valence-electron chi connectivity index (χ2n) is 12.2. The maximum atomic E-state index is 13.8. The van der Waals surface area contributed by atoms with Crippen molar-refractivity contribution in [1.82, 2.24) is 10.2 Å². The van der Waals surface area contributed by atoms with Crippen LogP contribution in [-0.2, 0) is 48.8 Å². The SMILES string of the molecule is CNC(=O)Nc1ccc2c(c1)CC[C@@]21OC(=O)N(CC(=O)N(Cc2ccc(F)cc2)c2ccc(CC(=O)OC(C)(C)C)cc2)C1=O. The molecule has 1 atom stereocenters. The van der Waals surface area contributed by atoms with Crippen LogP contribution in [-0.4, -0.2) is 54.0 Å². The molecule has 1 fully saturated rings. The second kappa shape index (κ2) is 12.6. The number of imide groups is 1. The molecule has 12 heteroatoms. The van der Waals surface area contributed by atoms with Gasteiger partial charge < -0.3 is 25.0 Å². The zero-order valence-corrected chi connectivity index (χ0v) is 26.0. The highest BCUT2D eigenvalue weighted by molar-refractivity contribution is 6.08. The van der Waals surface area contributed by atoms with Crippen LogP contribution in [0.1, 0.15) is 49.4 Å². The van der Waals surface area contributed by atoms with Crippen LogP contribution < -0.4 is 15.5 Å². The predicted octanol–water partition coefficient (Wildman–Crippen LogP) is 4.81. The summed E-state index contributed by atoms with van der Waals surface area (Å²) in [5.41, 5.74) is 1.30. The summed E-state index contributed by atoms with van der Waals surface area (Å²) in [7, 11) is 1.49. The quantitative estimate of drug-likeness (QED) is 0.341. The molecule has 240 valence electrons. The average Bonchev–Trinajstić information content (AvgIpc) is 3.47.